The molecule has 1 rings (SSSR count). The summed E-state index contributed by atoms with van der Waals surface area (Å²) in [7, 11) is 0. The Balaban J connectivity index is 2.32. The van der Waals surface area contributed by atoms with Gasteiger partial charge in [-0.3, -0.25) is 0 Å². The molecule has 0 atom stereocenters. The Morgan fingerprint density at radius 2 is 2.27 bits per heavy atom. The topological polar surface area (TPSA) is 39.2 Å². The average Bonchev–Trinajstić information content (AvgIpc) is 2.37. The zero-order valence-electron chi connectivity index (χ0n) is 6.35. The normalized spacial score (nSPS) is 10.4. The number of hydrogen-bond donors (Lipinski definition) is 1. The molecule has 1 aromatic heterocycles. The van der Waals surface area contributed by atoms with Crippen molar-refractivity contribution in [2.75, 3.05) is 6.54 Å². The van der Waals surface area contributed by atoms with E-state index in [0.717, 1.165) is 36.6 Å². The number of nitrogens with two attached hydrogens (primary N) is 1. The van der Waals surface area contributed by atoms with Crippen LogP contribution in [-0.4, -0.2) is 6.54 Å². The lowest BCUT2D eigenvalue weighted by atomic mass is 10.2. The lowest BCUT2D eigenvalue weighted by Crippen LogP contribution is -1.98. The van der Waals surface area contributed by atoms with Crippen LogP contribution in [0.25, 0.3) is 0 Å². The van der Waals surface area contributed by atoms with Gasteiger partial charge in [-0.2, -0.15) is 0 Å². The van der Waals surface area contributed by atoms with Crippen LogP contribution in [0.1, 0.15) is 18.6 Å². The Labute approximate surface area is 71.3 Å². The Morgan fingerprint density at radius 1 is 1.45 bits per heavy atom. The largest absolute Gasteiger partial charge is 0.468 e. The van der Waals surface area contributed by atoms with Gasteiger partial charge >= 0.3 is 0 Å². The third kappa shape index (κ3) is 2.56. The van der Waals surface area contributed by atoms with E-state index in [1.807, 2.05) is 0 Å². The molecule has 0 saturated heterocycles. The summed E-state index contributed by atoms with van der Waals surface area (Å²) in [4.78, 5) is 0. The predicted octanol–water partition coefficient (Wildman–Crippen LogP) is 2.21. The Bertz CT molecular complexity index is 210. The maximum absolute atomic E-state index is 5.79. The van der Waals surface area contributed by atoms with Crippen molar-refractivity contribution < 1.29 is 4.42 Å². The highest BCUT2D eigenvalue weighted by Crippen LogP contribution is 2.18. The van der Waals surface area contributed by atoms with Crippen LogP contribution in [0.15, 0.2) is 16.7 Å². The summed E-state index contributed by atoms with van der Waals surface area (Å²) in [5, 5.41) is 0.724. The van der Waals surface area contributed by atoms with Crippen LogP contribution < -0.4 is 5.73 Å². The number of halogens is 1. The van der Waals surface area contributed by atoms with Crippen LogP contribution in [-0.2, 0) is 6.42 Å². The quantitative estimate of drug-likeness (QED) is 0.710. The molecular formula is C8H12ClNO. The van der Waals surface area contributed by atoms with E-state index in [1.54, 1.807) is 12.3 Å². The van der Waals surface area contributed by atoms with Gasteiger partial charge < -0.3 is 10.2 Å². The molecule has 2 nitrogen and oxygen atoms in total. The summed E-state index contributed by atoms with van der Waals surface area (Å²) >= 11 is 5.79. The van der Waals surface area contributed by atoms with E-state index in [-0.39, 0.29) is 0 Å². The minimum absolute atomic E-state index is 0.724. The van der Waals surface area contributed by atoms with Crippen molar-refractivity contribution in [1.82, 2.24) is 0 Å². The van der Waals surface area contributed by atoms with Crippen LogP contribution in [0.5, 0.6) is 0 Å². The molecule has 11 heavy (non-hydrogen) atoms. The molecule has 0 aliphatic rings. The first-order valence-corrected chi connectivity index (χ1v) is 4.14. The van der Waals surface area contributed by atoms with Crippen molar-refractivity contribution in [2.24, 2.45) is 5.73 Å². The summed E-state index contributed by atoms with van der Waals surface area (Å²) in [5.41, 5.74) is 5.34. The Morgan fingerprint density at radius 3 is 2.82 bits per heavy atom. The van der Waals surface area contributed by atoms with Gasteiger partial charge in [0.25, 0.3) is 0 Å². The summed E-state index contributed by atoms with van der Waals surface area (Å²) in [5.74, 6) is 0.875. The van der Waals surface area contributed by atoms with Gasteiger partial charge in [-0.1, -0.05) is 11.6 Å². The smallest absolute Gasteiger partial charge is 0.122 e. The highest BCUT2D eigenvalue weighted by atomic mass is 35.5. The monoisotopic (exact) mass is 173 g/mol. The number of furan rings is 1. The van der Waals surface area contributed by atoms with Crippen molar-refractivity contribution in [3.63, 3.8) is 0 Å². The van der Waals surface area contributed by atoms with Crippen molar-refractivity contribution in [2.45, 2.75) is 19.3 Å². The van der Waals surface area contributed by atoms with Crippen LogP contribution in [0.3, 0.4) is 0 Å². The first-order valence-electron chi connectivity index (χ1n) is 3.76. The molecular weight excluding hydrogens is 162 g/mol. The highest BCUT2D eigenvalue weighted by Gasteiger charge is 2.01. The second kappa shape index (κ2) is 4.42. The van der Waals surface area contributed by atoms with Crippen LogP contribution in [0.2, 0.25) is 5.02 Å². The number of rotatable bonds is 4. The molecule has 2 N–H and O–H groups in total. The standard InChI is InChI=1S/C8H12ClNO/c9-7-4-6-11-8(7)3-1-2-5-10/h4,6H,1-3,5,10H2. The minimum Gasteiger partial charge on any atom is -0.468 e. The van der Waals surface area contributed by atoms with E-state index < -0.39 is 0 Å². The maximum Gasteiger partial charge on any atom is 0.122 e. The fourth-order valence-electron chi connectivity index (χ4n) is 0.933. The fraction of sp³-hybridized carbons (Fsp3) is 0.500. The molecule has 1 aromatic rings. The number of hydrogen-bond acceptors (Lipinski definition) is 2. The van der Waals surface area contributed by atoms with Crippen molar-refractivity contribution >= 4 is 11.6 Å². The van der Waals surface area contributed by atoms with Gasteiger partial charge in [0.15, 0.2) is 0 Å². The van der Waals surface area contributed by atoms with Gasteiger partial charge in [0, 0.05) is 6.42 Å². The van der Waals surface area contributed by atoms with E-state index in [2.05, 4.69) is 0 Å². The number of unbranched alkanes of at least 4 members (excludes halogenated alkanes) is 1. The van der Waals surface area contributed by atoms with E-state index in [0.29, 0.717) is 0 Å². The van der Waals surface area contributed by atoms with Crippen LogP contribution >= 0.6 is 11.6 Å². The molecule has 0 unspecified atom stereocenters. The van der Waals surface area contributed by atoms with Crippen molar-refractivity contribution in [1.29, 1.82) is 0 Å². The molecule has 0 radical (unpaired) electrons. The molecule has 0 fully saturated rings. The molecule has 0 saturated carbocycles. The second-order valence-electron chi connectivity index (χ2n) is 2.44. The molecule has 1 heterocycles. The SMILES string of the molecule is NCCCCc1occc1Cl. The van der Waals surface area contributed by atoms with Gasteiger partial charge in [-0.05, 0) is 25.5 Å². The molecule has 0 aromatic carbocycles. The molecule has 0 bridgehead atoms. The Hall–Kier alpha value is -0.470. The molecule has 62 valence electrons. The lowest BCUT2D eigenvalue weighted by molar-refractivity contribution is 0.499. The van der Waals surface area contributed by atoms with Gasteiger partial charge in [-0.15, -0.1) is 0 Å². The second-order valence-corrected chi connectivity index (χ2v) is 2.84. The van der Waals surface area contributed by atoms with Gasteiger partial charge in [0.1, 0.15) is 5.76 Å². The predicted molar refractivity (Wildman–Crippen MR) is 45.7 cm³/mol. The summed E-state index contributed by atoms with van der Waals surface area (Å²) in [6.45, 7) is 0.734. The van der Waals surface area contributed by atoms with E-state index >= 15 is 0 Å². The molecule has 0 spiro atoms. The van der Waals surface area contributed by atoms with Crippen molar-refractivity contribution in [3.05, 3.63) is 23.1 Å². The molecule has 3 heteroatoms. The summed E-state index contributed by atoms with van der Waals surface area (Å²) < 4.78 is 5.14. The first kappa shape index (κ1) is 8.62. The van der Waals surface area contributed by atoms with Crippen LogP contribution in [0, 0.1) is 0 Å². The third-order valence-corrected chi connectivity index (χ3v) is 1.89. The van der Waals surface area contributed by atoms with Crippen molar-refractivity contribution in [3.8, 4) is 0 Å². The zero-order valence-corrected chi connectivity index (χ0v) is 7.10. The molecule has 0 aliphatic heterocycles. The number of aryl methyl sites for hydroxylation is 1. The average molecular weight is 174 g/mol. The lowest BCUT2D eigenvalue weighted by Gasteiger charge is -1.95. The zero-order chi connectivity index (χ0) is 8.10. The van der Waals surface area contributed by atoms with E-state index in [9.17, 15) is 0 Å². The van der Waals surface area contributed by atoms with Crippen LogP contribution in [0.4, 0.5) is 0 Å². The summed E-state index contributed by atoms with van der Waals surface area (Å²) in [6, 6.07) is 1.76. The first-order chi connectivity index (χ1) is 5.34. The Kier molecular flexibility index (Phi) is 3.46. The fourth-order valence-corrected chi connectivity index (χ4v) is 1.12. The third-order valence-electron chi connectivity index (χ3n) is 1.55. The highest BCUT2D eigenvalue weighted by molar-refractivity contribution is 6.31. The van der Waals surface area contributed by atoms with E-state index in [4.69, 9.17) is 21.8 Å². The summed E-state index contributed by atoms with van der Waals surface area (Å²) in [6.07, 6.45) is 4.57. The maximum atomic E-state index is 5.79. The van der Waals surface area contributed by atoms with E-state index in [1.165, 1.54) is 0 Å². The van der Waals surface area contributed by atoms with Gasteiger partial charge in [-0.25, -0.2) is 0 Å². The minimum atomic E-state index is 0.724. The van der Waals surface area contributed by atoms with Gasteiger partial charge in [0.2, 0.25) is 0 Å². The molecule has 0 aliphatic carbocycles. The molecule has 0 amide bonds. The van der Waals surface area contributed by atoms with Gasteiger partial charge in [0.05, 0.1) is 11.3 Å².